The number of nitrogens with zero attached hydrogens (tertiary/aromatic N) is 4. The van der Waals surface area contributed by atoms with E-state index in [4.69, 9.17) is 58.4 Å². The van der Waals surface area contributed by atoms with Gasteiger partial charge in [0.2, 0.25) is 0 Å². The summed E-state index contributed by atoms with van der Waals surface area (Å²) in [6.45, 7) is 26.7. The predicted octanol–water partition coefficient (Wildman–Crippen LogP) is 29.6. The van der Waals surface area contributed by atoms with Crippen molar-refractivity contribution in [3.05, 3.63) is 248 Å². The number of hydrogen-bond acceptors (Lipinski definition) is 15. The lowest BCUT2D eigenvalue weighted by Crippen LogP contribution is -2.27. The maximum atomic E-state index is 8.48. The monoisotopic (exact) mass is 1880 g/mol. The van der Waals surface area contributed by atoms with Crippen molar-refractivity contribution >= 4 is 135 Å². The number of ether oxygens (including phenoxy) is 6. The van der Waals surface area contributed by atoms with Gasteiger partial charge in [-0.3, -0.25) is 0 Å². The molecule has 12 nitrogen and oxygen atoms in total. The van der Waals surface area contributed by atoms with Crippen molar-refractivity contribution in [2.45, 2.75) is 188 Å². The number of rotatable bonds is 17. The molecule has 2 aliphatic carbocycles. The molecule has 0 bridgehead atoms. The van der Waals surface area contributed by atoms with Gasteiger partial charge in [-0.05, 0) is 237 Å². The Balaban J connectivity index is 0.000000158. The first-order valence-corrected chi connectivity index (χ1v) is 48.8. The van der Waals surface area contributed by atoms with Crippen molar-refractivity contribution < 1.29 is 38.5 Å². The summed E-state index contributed by atoms with van der Waals surface area (Å²) in [7, 11) is 8.95. The molecule has 0 atom stereocenters. The van der Waals surface area contributed by atoms with E-state index in [9.17, 15) is 0 Å². The Labute approximate surface area is 776 Å². The summed E-state index contributed by atoms with van der Waals surface area (Å²) in [5, 5.41) is 28.7. The fraction of sp³-hybridized carbons (Fsp3) is 0.327. The number of halogens is 2. The van der Waals surface area contributed by atoms with Crippen LogP contribution >= 0.6 is 73.8 Å². The number of methoxy groups -OCH3 is 6. The normalized spacial score (nSPS) is 13.4. The van der Waals surface area contributed by atoms with Crippen molar-refractivity contribution in [3.8, 4) is 112 Å². The average molecular weight is 1890 g/mol. The number of thiophene rings is 3. The van der Waals surface area contributed by atoms with Gasteiger partial charge in [-0.1, -0.05) is 240 Å². The Kier molecular flexibility index (Phi) is 30.3. The van der Waals surface area contributed by atoms with Crippen molar-refractivity contribution in [3.63, 3.8) is 0 Å². The van der Waals surface area contributed by atoms with Gasteiger partial charge in [-0.15, -0.1) is 22.7 Å². The second kappa shape index (κ2) is 40.6. The number of aromatic nitrogens is 4. The minimum atomic E-state index is -1.30. The number of pyridine rings is 4. The molecule has 2 fully saturated rings. The Morgan fingerprint density at radius 2 is 0.659 bits per heavy atom. The highest BCUT2D eigenvalue weighted by molar-refractivity contribution is 9.11. The van der Waals surface area contributed by atoms with Crippen molar-refractivity contribution in [1.82, 2.24) is 19.9 Å². The highest BCUT2D eigenvalue weighted by atomic mass is 79.9. The second-order valence-corrected chi connectivity index (χ2v) is 43.7. The van der Waals surface area contributed by atoms with Crippen molar-refractivity contribution in [1.29, 1.82) is 0 Å². The predicted molar refractivity (Wildman–Crippen MR) is 545 cm³/mol. The third-order valence-corrected chi connectivity index (χ3v) is 31.3. The first-order chi connectivity index (χ1) is 59.9. The zero-order valence-corrected chi connectivity index (χ0v) is 81.7. The van der Waals surface area contributed by atoms with Gasteiger partial charge in [0, 0.05) is 69.5 Å². The SMILES string of the molecule is C.COc1c(-c2ccc3ccc4ccc(-c5cc(C(C)(C)C)cc(-c6cccs6)c5OC)nc4c3n2)cc(C(C)(C)C)cc1-c1cccs1.COc1c(Br)cc(C(C)(C)C)cc1-c1ccc2ccc3ccc(-c4cc(C(C)(C)C)cc(Br)c4OC)nc3c2n1.COc1cccc(OC)c1-c1ccccc1P(C1CCCCC1)C1CCCCC1.OB(O)c1cccs1. The van der Waals surface area contributed by atoms with Crippen molar-refractivity contribution in [2.75, 3.05) is 42.7 Å². The van der Waals surface area contributed by atoms with Gasteiger partial charge in [0.1, 0.15) is 34.5 Å². The Hall–Kier alpha value is -9.33. The summed E-state index contributed by atoms with van der Waals surface area (Å²) >= 11 is 12.2. The van der Waals surface area contributed by atoms with Crippen LogP contribution in [0.3, 0.4) is 0 Å². The van der Waals surface area contributed by atoms with E-state index in [1.807, 2.05) is 6.07 Å². The lowest BCUT2D eigenvalue weighted by molar-refractivity contribution is 0.397. The Morgan fingerprint density at radius 1 is 0.341 bits per heavy atom. The highest BCUT2D eigenvalue weighted by Crippen LogP contribution is 2.58. The van der Waals surface area contributed by atoms with Crippen LogP contribution in [-0.2, 0) is 21.7 Å². The van der Waals surface area contributed by atoms with Crippen LogP contribution in [0.4, 0.5) is 0 Å². The molecule has 126 heavy (non-hydrogen) atoms. The molecule has 2 saturated carbocycles. The lowest BCUT2D eigenvalue weighted by Gasteiger charge is -2.39. The first kappa shape index (κ1) is 94.3. The molecule has 0 saturated heterocycles. The topological polar surface area (TPSA) is 147 Å². The summed E-state index contributed by atoms with van der Waals surface area (Å²) in [4.78, 5) is 23.4. The van der Waals surface area contributed by atoms with Crippen LogP contribution in [0.2, 0.25) is 0 Å². The van der Waals surface area contributed by atoms with Gasteiger partial charge in [-0.25, -0.2) is 19.9 Å². The van der Waals surface area contributed by atoms with Gasteiger partial charge >= 0.3 is 7.12 Å². The van der Waals surface area contributed by atoms with Crippen LogP contribution in [0.1, 0.15) is 177 Å². The molecule has 0 spiro atoms. The van der Waals surface area contributed by atoms with Gasteiger partial charge in [0.15, 0.2) is 0 Å². The van der Waals surface area contributed by atoms with Crippen LogP contribution in [-0.4, -0.2) is 91.1 Å². The minimum Gasteiger partial charge on any atom is -0.496 e. The molecule has 17 rings (SSSR count). The zero-order valence-electron chi connectivity index (χ0n) is 75.1. The molecule has 0 unspecified atom stereocenters. The molecule has 2 aliphatic rings. The van der Waals surface area contributed by atoms with E-state index >= 15 is 0 Å². The van der Waals surface area contributed by atoms with Crippen LogP contribution < -0.4 is 38.5 Å². The lowest BCUT2D eigenvalue weighted by atomic mass is 9.84. The molecule has 7 aromatic heterocycles. The molecule has 654 valence electrons. The smallest absolute Gasteiger partial charge is 0.496 e. The van der Waals surface area contributed by atoms with Crippen LogP contribution in [0.25, 0.3) is 121 Å². The summed E-state index contributed by atoms with van der Waals surface area (Å²) < 4.78 is 37.9. The second-order valence-electron chi connectivity index (χ2n) is 36.4. The molecule has 0 radical (unpaired) electrons. The van der Waals surface area contributed by atoms with Gasteiger partial charge in [-0.2, -0.15) is 11.3 Å². The summed E-state index contributed by atoms with van der Waals surface area (Å²) in [5.74, 6) is 5.02. The summed E-state index contributed by atoms with van der Waals surface area (Å²) in [6, 6.07) is 70.2. The Morgan fingerprint density at radius 3 is 0.960 bits per heavy atom. The maximum Gasteiger partial charge on any atom is 0.499 e. The van der Waals surface area contributed by atoms with Gasteiger partial charge in [0.05, 0.1) is 102 Å². The highest BCUT2D eigenvalue weighted by Gasteiger charge is 2.36. The van der Waals surface area contributed by atoms with E-state index in [-0.39, 0.29) is 37.0 Å². The van der Waals surface area contributed by atoms with E-state index in [2.05, 4.69) is 308 Å². The quantitative estimate of drug-likeness (QED) is 0.0508. The molecule has 0 amide bonds. The molecular weight excluding hydrogens is 1770 g/mol. The fourth-order valence-electron chi connectivity index (χ4n) is 17.0. The van der Waals surface area contributed by atoms with Gasteiger partial charge < -0.3 is 38.5 Å². The van der Waals surface area contributed by atoms with E-state index in [0.29, 0.717) is 4.78 Å². The summed E-state index contributed by atoms with van der Waals surface area (Å²) in [6.07, 6.45) is 14.2. The zero-order chi connectivity index (χ0) is 88.8. The third-order valence-electron chi connectivity index (χ3n) is 23.9. The van der Waals surface area contributed by atoms with E-state index in [1.54, 1.807) is 88.1 Å². The molecule has 7 heterocycles. The fourth-order valence-corrected chi connectivity index (χ4v) is 24.3. The third kappa shape index (κ3) is 20.8. The molecule has 2 N–H and O–H groups in total. The maximum absolute atomic E-state index is 8.48. The van der Waals surface area contributed by atoms with Crippen LogP contribution in [0.5, 0.6) is 34.5 Å². The number of hydrogen-bond donors (Lipinski definition) is 2. The number of fused-ring (bicyclic) bond motifs is 6. The first-order valence-electron chi connectivity index (χ1n) is 43.1. The minimum absolute atomic E-state index is 0. The average Bonchev–Trinajstić information content (AvgIpc) is 1.13. The van der Waals surface area contributed by atoms with E-state index < -0.39 is 7.12 Å². The standard InChI is InChI=1S/C42H40N2O2S2.C34H34Br2N2O2.C26H35O2P.C4H5BO2S.CH4/c1-41(2,3)27-21-29(39(45-7)31(23-27)35-11-9-19-47-35)33-17-15-25-13-14-26-16-18-34(44-38(26)37(25)43-33)30-22-28(42(4,5)6)24-32(40(30)46-8)36-12-10-20-48-36;1-33(2,3)21-15-23(31(39-7)25(35)17-21)27-13-11-19-9-10-20-12-14-28(38-30(20)29(19)37-27)24-16-22(34(4,5)6)18-26(36)32(24)40-8;1-27-23-17-11-18-24(28-2)26(23)22-16-9-10-19-25(22)29(20-12-5-3-6-13-20)21-14-7-4-8-15-21;6-5(7)4-2-1-3-8-4;/h9-24H,1-8H3;9-18H,1-8H3;9-11,16-21H,3-8,12-15H2,1-2H3;1-3,6-7H;1H4. The largest absolute Gasteiger partial charge is 0.499 e. The van der Waals surface area contributed by atoms with E-state index in [0.717, 1.165) is 160 Å². The van der Waals surface area contributed by atoms with Gasteiger partial charge in [0.25, 0.3) is 0 Å². The number of benzene rings is 8. The molecule has 19 heteroatoms. The Bertz CT molecular complexity index is 5970. The summed E-state index contributed by atoms with van der Waals surface area (Å²) in [5.41, 5.74) is 21.7. The van der Waals surface area contributed by atoms with Crippen LogP contribution in [0.15, 0.2) is 225 Å². The molecular formula is C107H118BBr2N4O8PS3. The molecule has 15 aromatic rings. The van der Waals surface area contributed by atoms with Crippen LogP contribution in [0, 0.1) is 0 Å². The van der Waals surface area contributed by atoms with E-state index in [1.165, 1.54) is 113 Å². The molecule has 8 aromatic carbocycles. The molecule has 0 aliphatic heterocycles. The van der Waals surface area contributed by atoms with Crippen molar-refractivity contribution in [2.24, 2.45) is 0 Å².